The summed E-state index contributed by atoms with van der Waals surface area (Å²) >= 11 is 0. The number of fused-ring (bicyclic) bond motifs is 2. The van der Waals surface area contributed by atoms with Crippen LogP contribution in [0.2, 0.25) is 0 Å². The molecular weight excluding hydrogens is 366 g/mol. The predicted molar refractivity (Wildman–Crippen MR) is 110 cm³/mol. The monoisotopic (exact) mass is 389 g/mol. The maximum absolute atomic E-state index is 12.9. The van der Waals surface area contributed by atoms with Crippen LogP contribution in [0.25, 0.3) is 10.9 Å². The summed E-state index contributed by atoms with van der Waals surface area (Å²) in [4.78, 5) is 26.1. The lowest BCUT2D eigenvalue weighted by Gasteiger charge is -2.35. The lowest BCUT2D eigenvalue weighted by molar-refractivity contribution is -0.139. The van der Waals surface area contributed by atoms with E-state index in [1.54, 1.807) is 0 Å². The number of anilines is 1. The molecule has 1 aromatic heterocycles. The van der Waals surface area contributed by atoms with E-state index in [2.05, 4.69) is 14.9 Å². The molecule has 29 heavy (non-hydrogen) atoms. The normalized spacial score (nSPS) is 19.2. The number of carbonyl (C=O) groups is 1. The number of hydrogen-bond donors (Lipinski definition) is 1. The summed E-state index contributed by atoms with van der Waals surface area (Å²) in [6.07, 6.45) is 0.252. The van der Waals surface area contributed by atoms with Gasteiger partial charge in [-0.25, -0.2) is 9.97 Å². The van der Waals surface area contributed by atoms with Crippen LogP contribution in [0.1, 0.15) is 11.4 Å². The van der Waals surface area contributed by atoms with Crippen molar-refractivity contribution in [3.05, 3.63) is 59.9 Å². The molecule has 7 nitrogen and oxygen atoms in total. The number of nitrogens with two attached hydrogens (primary N) is 1. The number of piperazine rings is 1. The first kappa shape index (κ1) is 17.9. The van der Waals surface area contributed by atoms with Gasteiger partial charge in [-0.1, -0.05) is 30.3 Å². The SMILES string of the molecule is Nc1nc(CN2CCN(C(=O)C3Cc4ccccc4O3)CC2)nc2ccccc12. The fourth-order valence-corrected chi connectivity index (χ4v) is 4.07. The first-order chi connectivity index (χ1) is 14.2. The minimum Gasteiger partial charge on any atom is -0.480 e. The van der Waals surface area contributed by atoms with Crippen molar-refractivity contribution in [3.63, 3.8) is 0 Å². The standard InChI is InChI=1S/C22H23N5O2/c23-21-16-6-2-3-7-17(16)24-20(25-21)14-26-9-11-27(12-10-26)22(28)19-13-15-5-1-4-8-18(15)29-19/h1-8,19H,9-14H2,(H2,23,24,25). The Morgan fingerprint density at radius 2 is 1.79 bits per heavy atom. The van der Waals surface area contributed by atoms with E-state index in [0.29, 0.717) is 31.9 Å². The number of benzene rings is 2. The van der Waals surface area contributed by atoms with Gasteiger partial charge in [0.05, 0.1) is 12.1 Å². The van der Waals surface area contributed by atoms with E-state index in [1.165, 1.54) is 0 Å². The zero-order valence-electron chi connectivity index (χ0n) is 16.1. The number of ether oxygens (including phenoxy) is 1. The summed E-state index contributed by atoms with van der Waals surface area (Å²) in [5.41, 5.74) is 8.06. The summed E-state index contributed by atoms with van der Waals surface area (Å²) in [5, 5.41) is 0.879. The van der Waals surface area contributed by atoms with Gasteiger partial charge in [-0.2, -0.15) is 0 Å². The van der Waals surface area contributed by atoms with Gasteiger partial charge in [0.2, 0.25) is 0 Å². The molecule has 1 unspecified atom stereocenters. The zero-order valence-corrected chi connectivity index (χ0v) is 16.1. The van der Waals surface area contributed by atoms with Gasteiger partial charge < -0.3 is 15.4 Å². The first-order valence-electron chi connectivity index (χ1n) is 9.94. The van der Waals surface area contributed by atoms with Crippen LogP contribution in [-0.4, -0.2) is 58.0 Å². The van der Waals surface area contributed by atoms with Gasteiger partial charge in [0.1, 0.15) is 17.4 Å². The molecule has 3 aromatic rings. The fourth-order valence-electron chi connectivity index (χ4n) is 4.07. The number of amides is 1. The van der Waals surface area contributed by atoms with Gasteiger partial charge in [-0.3, -0.25) is 9.69 Å². The smallest absolute Gasteiger partial charge is 0.264 e. The van der Waals surface area contributed by atoms with Crippen molar-refractivity contribution in [2.75, 3.05) is 31.9 Å². The maximum atomic E-state index is 12.9. The van der Waals surface area contributed by atoms with E-state index >= 15 is 0 Å². The van der Waals surface area contributed by atoms with E-state index < -0.39 is 6.10 Å². The second-order valence-electron chi connectivity index (χ2n) is 7.56. The quantitative estimate of drug-likeness (QED) is 0.736. The lowest BCUT2D eigenvalue weighted by atomic mass is 10.1. The van der Waals surface area contributed by atoms with Crippen molar-refractivity contribution >= 4 is 22.6 Å². The van der Waals surface area contributed by atoms with Crippen LogP contribution in [0.3, 0.4) is 0 Å². The van der Waals surface area contributed by atoms with Crippen LogP contribution in [0.5, 0.6) is 5.75 Å². The molecule has 5 rings (SSSR count). The molecule has 1 saturated heterocycles. The Morgan fingerprint density at radius 1 is 1.03 bits per heavy atom. The van der Waals surface area contributed by atoms with E-state index in [0.717, 1.165) is 41.1 Å². The number of nitrogen functional groups attached to an aromatic ring is 1. The number of carbonyl (C=O) groups excluding carboxylic acids is 1. The second-order valence-corrected chi connectivity index (χ2v) is 7.56. The van der Waals surface area contributed by atoms with Crippen LogP contribution in [0.15, 0.2) is 48.5 Å². The largest absolute Gasteiger partial charge is 0.480 e. The van der Waals surface area contributed by atoms with E-state index in [-0.39, 0.29) is 5.91 Å². The van der Waals surface area contributed by atoms with E-state index in [4.69, 9.17) is 10.5 Å². The number of rotatable bonds is 3. The van der Waals surface area contributed by atoms with Gasteiger partial charge in [-0.05, 0) is 23.8 Å². The maximum Gasteiger partial charge on any atom is 0.264 e. The molecule has 1 amide bonds. The zero-order chi connectivity index (χ0) is 19.8. The Kier molecular flexibility index (Phi) is 4.52. The Labute approximate surface area is 169 Å². The van der Waals surface area contributed by atoms with Gasteiger partial charge in [0.15, 0.2) is 6.10 Å². The van der Waals surface area contributed by atoms with Crippen molar-refractivity contribution in [1.82, 2.24) is 19.8 Å². The highest BCUT2D eigenvalue weighted by Gasteiger charge is 2.33. The van der Waals surface area contributed by atoms with Gasteiger partial charge >= 0.3 is 0 Å². The summed E-state index contributed by atoms with van der Waals surface area (Å²) in [7, 11) is 0. The molecule has 1 atom stereocenters. The second kappa shape index (κ2) is 7.33. The summed E-state index contributed by atoms with van der Waals surface area (Å²) < 4.78 is 5.86. The first-order valence-corrected chi connectivity index (χ1v) is 9.94. The highest BCUT2D eigenvalue weighted by molar-refractivity contribution is 5.87. The molecule has 148 valence electrons. The minimum absolute atomic E-state index is 0.0760. The van der Waals surface area contributed by atoms with Crippen LogP contribution < -0.4 is 10.5 Å². The number of para-hydroxylation sites is 2. The third kappa shape index (κ3) is 3.49. The molecule has 2 N–H and O–H groups in total. The van der Waals surface area contributed by atoms with Crippen molar-refractivity contribution < 1.29 is 9.53 Å². The van der Waals surface area contributed by atoms with Crippen molar-refractivity contribution in [2.45, 2.75) is 19.1 Å². The molecule has 0 bridgehead atoms. The molecule has 7 heteroatoms. The van der Waals surface area contributed by atoms with E-state index in [1.807, 2.05) is 53.4 Å². The number of aromatic nitrogens is 2. The predicted octanol–water partition coefficient (Wildman–Crippen LogP) is 1.86. The molecule has 2 aromatic carbocycles. The molecule has 1 fully saturated rings. The van der Waals surface area contributed by atoms with Gasteiger partial charge in [0.25, 0.3) is 5.91 Å². The van der Waals surface area contributed by atoms with Crippen LogP contribution >= 0.6 is 0 Å². The Morgan fingerprint density at radius 3 is 2.62 bits per heavy atom. The highest BCUT2D eigenvalue weighted by atomic mass is 16.5. The van der Waals surface area contributed by atoms with Gasteiger partial charge in [-0.15, -0.1) is 0 Å². The highest BCUT2D eigenvalue weighted by Crippen LogP contribution is 2.29. The number of hydrogen-bond acceptors (Lipinski definition) is 6. The topological polar surface area (TPSA) is 84.6 Å². The molecule has 2 aliphatic rings. The molecule has 0 saturated carbocycles. The molecule has 0 spiro atoms. The van der Waals surface area contributed by atoms with Crippen LogP contribution in [0, 0.1) is 0 Å². The van der Waals surface area contributed by atoms with Gasteiger partial charge in [0, 0.05) is 38.0 Å². The minimum atomic E-state index is -0.400. The van der Waals surface area contributed by atoms with E-state index in [9.17, 15) is 4.79 Å². The Bertz CT molecular complexity index is 1040. The van der Waals surface area contributed by atoms with Crippen LogP contribution in [-0.2, 0) is 17.8 Å². The summed E-state index contributed by atoms with van der Waals surface area (Å²) in [5.74, 6) is 2.13. The van der Waals surface area contributed by atoms with Crippen LogP contribution in [0.4, 0.5) is 5.82 Å². The van der Waals surface area contributed by atoms with Crippen molar-refractivity contribution in [2.24, 2.45) is 0 Å². The average molecular weight is 389 g/mol. The molecule has 0 radical (unpaired) electrons. The van der Waals surface area contributed by atoms with Crippen molar-refractivity contribution in [3.8, 4) is 5.75 Å². The molecule has 3 heterocycles. The lowest BCUT2D eigenvalue weighted by Crippen LogP contribution is -2.52. The third-order valence-corrected chi connectivity index (χ3v) is 5.65. The summed E-state index contributed by atoms with van der Waals surface area (Å²) in [6, 6.07) is 15.6. The molecular formula is C22H23N5O2. The fraction of sp³-hybridized carbons (Fsp3) is 0.318. The summed E-state index contributed by atoms with van der Waals surface area (Å²) in [6.45, 7) is 3.54. The average Bonchev–Trinajstić information content (AvgIpc) is 3.18. The molecule has 0 aliphatic carbocycles. The third-order valence-electron chi connectivity index (χ3n) is 5.65. The molecule has 2 aliphatic heterocycles. The van der Waals surface area contributed by atoms with Crippen molar-refractivity contribution in [1.29, 1.82) is 0 Å². The Hall–Kier alpha value is -3.19. The Balaban J connectivity index is 1.20. The number of nitrogens with zero attached hydrogens (tertiary/aromatic N) is 4.